The Labute approximate surface area is 151 Å². The number of amides is 1. The number of nitrogens with zero attached hydrogens (tertiary/aromatic N) is 1. The van der Waals surface area contributed by atoms with Crippen molar-refractivity contribution in [3.8, 4) is 29.4 Å². The molecule has 1 aromatic heterocycles. The van der Waals surface area contributed by atoms with E-state index < -0.39 is 0 Å². The molecule has 0 aliphatic carbocycles. The second-order valence-corrected chi connectivity index (χ2v) is 6.09. The fourth-order valence-corrected chi connectivity index (χ4v) is 3.29. The van der Waals surface area contributed by atoms with Gasteiger partial charge in [0.15, 0.2) is 5.82 Å². The molecule has 26 heavy (non-hydrogen) atoms. The van der Waals surface area contributed by atoms with E-state index >= 15 is 0 Å². The number of benzene rings is 2. The largest absolute Gasteiger partial charge is 0.481 e. The quantitative estimate of drug-likeness (QED) is 0.712. The van der Waals surface area contributed by atoms with Crippen LogP contribution in [0.2, 0.25) is 0 Å². The van der Waals surface area contributed by atoms with Crippen LogP contribution in [-0.4, -0.2) is 22.7 Å². The minimum absolute atomic E-state index is 0.0405. The van der Waals surface area contributed by atoms with Gasteiger partial charge in [0.25, 0.3) is 0 Å². The predicted molar refractivity (Wildman–Crippen MR) is 99.9 cm³/mol. The van der Waals surface area contributed by atoms with Gasteiger partial charge in [-0.3, -0.25) is 9.89 Å². The van der Waals surface area contributed by atoms with Gasteiger partial charge in [-0.2, -0.15) is 5.10 Å². The van der Waals surface area contributed by atoms with Crippen molar-refractivity contribution in [1.82, 2.24) is 10.2 Å². The molecule has 1 aliphatic rings. The highest BCUT2D eigenvalue weighted by atomic mass is 16.5. The number of nitrogens with one attached hydrogen (secondary N) is 2. The van der Waals surface area contributed by atoms with Crippen molar-refractivity contribution in [2.45, 2.75) is 12.3 Å². The molecule has 2 heterocycles. The third kappa shape index (κ3) is 2.93. The van der Waals surface area contributed by atoms with Gasteiger partial charge in [0.05, 0.1) is 5.69 Å². The Morgan fingerprint density at radius 1 is 1.15 bits per heavy atom. The van der Waals surface area contributed by atoms with Gasteiger partial charge in [-0.25, -0.2) is 0 Å². The molecule has 0 unspecified atom stereocenters. The SMILES string of the molecule is C#CCOc1ccc([C@@H]2CC(=O)Nc3n[nH]c(-c4ccccc4)c32)cc1. The van der Waals surface area contributed by atoms with Crippen molar-refractivity contribution in [2.75, 3.05) is 11.9 Å². The Hall–Kier alpha value is -3.52. The maximum atomic E-state index is 12.2. The summed E-state index contributed by atoms with van der Waals surface area (Å²) in [5.74, 6) is 3.64. The smallest absolute Gasteiger partial charge is 0.226 e. The summed E-state index contributed by atoms with van der Waals surface area (Å²) in [5.41, 5.74) is 4.01. The summed E-state index contributed by atoms with van der Waals surface area (Å²) >= 11 is 0. The number of carbonyl (C=O) groups is 1. The second-order valence-electron chi connectivity index (χ2n) is 6.09. The van der Waals surface area contributed by atoms with E-state index in [1.54, 1.807) is 0 Å². The van der Waals surface area contributed by atoms with Crippen LogP contribution < -0.4 is 10.1 Å². The van der Waals surface area contributed by atoms with Gasteiger partial charge < -0.3 is 10.1 Å². The average Bonchev–Trinajstić information content (AvgIpc) is 3.10. The molecule has 128 valence electrons. The van der Waals surface area contributed by atoms with Gasteiger partial charge >= 0.3 is 0 Å². The molecule has 0 saturated heterocycles. The summed E-state index contributed by atoms with van der Waals surface area (Å²) in [6.45, 7) is 0.231. The standard InChI is InChI=1S/C21H17N3O2/c1-2-12-26-16-10-8-14(9-11-16)17-13-18(25)22-21-19(17)20(23-24-21)15-6-4-3-5-7-15/h1,3-11,17H,12-13H2,(H2,22,23,24,25)/t17-/m0/s1. The number of aromatic amines is 1. The third-order valence-electron chi connectivity index (χ3n) is 4.47. The number of carbonyl (C=O) groups excluding carboxylic acids is 1. The molecule has 0 radical (unpaired) electrons. The number of fused-ring (bicyclic) bond motifs is 1. The Morgan fingerprint density at radius 2 is 1.92 bits per heavy atom. The Balaban J connectivity index is 1.74. The molecule has 2 aromatic carbocycles. The lowest BCUT2D eigenvalue weighted by Gasteiger charge is -2.23. The number of terminal acetylenes is 1. The first kappa shape index (κ1) is 16.0. The van der Waals surface area contributed by atoms with E-state index in [4.69, 9.17) is 11.2 Å². The first-order valence-electron chi connectivity index (χ1n) is 8.36. The monoisotopic (exact) mass is 343 g/mol. The lowest BCUT2D eigenvalue weighted by atomic mass is 9.84. The molecular weight excluding hydrogens is 326 g/mol. The number of hydrogen-bond donors (Lipinski definition) is 2. The first-order valence-corrected chi connectivity index (χ1v) is 8.36. The molecule has 0 fully saturated rings. The van der Waals surface area contributed by atoms with Gasteiger partial charge in [0.1, 0.15) is 12.4 Å². The second kappa shape index (κ2) is 6.77. The number of aromatic nitrogens is 2. The molecule has 4 rings (SSSR count). The van der Waals surface area contributed by atoms with Crippen LogP contribution in [0.1, 0.15) is 23.5 Å². The number of ether oxygens (including phenoxy) is 1. The van der Waals surface area contributed by atoms with Gasteiger partial charge in [0, 0.05) is 17.9 Å². The average molecular weight is 343 g/mol. The van der Waals surface area contributed by atoms with E-state index in [0.29, 0.717) is 18.0 Å². The highest BCUT2D eigenvalue weighted by molar-refractivity contribution is 5.96. The van der Waals surface area contributed by atoms with Crippen molar-refractivity contribution in [1.29, 1.82) is 0 Å². The normalized spacial score (nSPS) is 15.7. The van der Waals surface area contributed by atoms with Crippen LogP contribution in [0.5, 0.6) is 5.75 Å². The molecule has 1 aliphatic heterocycles. The van der Waals surface area contributed by atoms with Gasteiger partial charge in [-0.15, -0.1) is 6.42 Å². The topological polar surface area (TPSA) is 67.0 Å². The van der Waals surface area contributed by atoms with Crippen LogP contribution in [0, 0.1) is 12.3 Å². The molecule has 1 amide bonds. The van der Waals surface area contributed by atoms with E-state index in [2.05, 4.69) is 21.4 Å². The van der Waals surface area contributed by atoms with Crippen molar-refractivity contribution in [2.24, 2.45) is 0 Å². The van der Waals surface area contributed by atoms with E-state index in [1.807, 2.05) is 54.6 Å². The minimum Gasteiger partial charge on any atom is -0.481 e. The van der Waals surface area contributed by atoms with Crippen molar-refractivity contribution in [3.05, 3.63) is 65.7 Å². The van der Waals surface area contributed by atoms with Gasteiger partial charge in [0.2, 0.25) is 5.91 Å². The number of H-pyrrole nitrogens is 1. The van der Waals surface area contributed by atoms with E-state index in [1.165, 1.54) is 0 Å². The van der Waals surface area contributed by atoms with E-state index in [-0.39, 0.29) is 18.4 Å². The third-order valence-corrected chi connectivity index (χ3v) is 4.47. The van der Waals surface area contributed by atoms with Gasteiger partial charge in [-0.05, 0) is 23.3 Å². The molecule has 0 bridgehead atoms. The Morgan fingerprint density at radius 3 is 2.65 bits per heavy atom. The number of rotatable bonds is 4. The Bertz CT molecular complexity index is 969. The highest BCUT2D eigenvalue weighted by Crippen LogP contribution is 2.41. The van der Waals surface area contributed by atoms with Crippen LogP contribution in [0.4, 0.5) is 5.82 Å². The zero-order chi connectivity index (χ0) is 17.9. The van der Waals surface area contributed by atoms with Crippen molar-refractivity contribution < 1.29 is 9.53 Å². The Kier molecular flexibility index (Phi) is 4.16. The molecular formula is C21H17N3O2. The van der Waals surface area contributed by atoms with Crippen LogP contribution in [0.15, 0.2) is 54.6 Å². The lowest BCUT2D eigenvalue weighted by molar-refractivity contribution is -0.116. The molecule has 2 N–H and O–H groups in total. The molecule has 5 heteroatoms. The van der Waals surface area contributed by atoms with Gasteiger partial charge in [-0.1, -0.05) is 48.4 Å². The molecule has 1 atom stereocenters. The first-order chi connectivity index (χ1) is 12.8. The van der Waals surface area contributed by atoms with E-state index in [9.17, 15) is 4.79 Å². The zero-order valence-corrected chi connectivity index (χ0v) is 14.0. The van der Waals surface area contributed by atoms with Crippen LogP contribution in [0.25, 0.3) is 11.3 Å². The maximum Gasteiger partial charge on any atom is 0.226 e. The molecule has 3 aromatic rings. The van der Waals surface area contributed by atoms with Crippen LogP contribution in [0.3, 0.4) is 0 Å². The number of hydrogen-bond acceptors (Lipinski definition) is 3. The highest BCUT2D eigenvalue weighted by Gasteiger charge is 2.31. The fourth-order valence-electron chi connectivity index (χ4n) is 3.29. The lowest BCUT2D eigenvalue weighted by Crippen LogP contribution is -2.23. The summed E-state index contributed by atoms with van der Waals surface area (Å²) in [6, 6.07) is 17.7. The summed E-state index contributed by atoms with van der Waals surface area (Å²) in [5, 5.41) is 10.3. The summed E-state index contributed by atoms with van der Waals surface area (Å²) < 4.78 is 5.43. The maximum absolute atomic E-state index is 12.2. The molecule has 0 spiro atoms. The number of anilines is 1. The van der Waals surface area contributed by atoms with E-state index in [0.717, 1.165) is 22.4 Å². The minimum atomic E-state index is -0.0746. The van der Waals surface area contributed by atoms with Crippen LogP contribution in [-0.2, 0) is 4.79 Å². The predicted octanol–water partition coefficient (Wildman–Crippen LogP) is 3.56. The summed E-state index contributed by atoms with van der Waals surface area (Å²) in [6.07, 6.45) is 5.59. The summed E-state index contributed by atoms with van der Waals surface area (Å²) in [7, 11) is 0. The van der Waals surface area contributed by atoms with Crippen molar-refractivity contribution >= 4 is 11.7 Å². The fraction of sp³-hybridized carbons (Fsp3) is 0.143. The summed E-state index contributed by atoms with van der Waals surface area (Å²) in [4.78, 5) is 12.2. The molecule has 5 nitrogen and oxygen atoms in total. The van der Waals surface area contributed by atoms with Crippen LogP contribution >= 0.6 is 0 Å². The zero-order valence-electron chi connectivity index (χ0n) is 14.0. The van der Waals surface area contributed by atoms with Crippen molar-refractivity contribution in [3.63, 3.8) is 0 Å². The molecule has 0 saturated carbocycles.